The van der Waals surface area contributed by atoms with Crippen molar-refractivity contribution in [3.8, 4) is 0 Å². The second kappa shape index (κ2) is 10.7. The molecule has 3 N–H and O–H groups in total. The third kappa shape index (κ3) is 9.20. The number of ether oxygens (including phenoxy) is 1. The van der Waals surface area contributed by atoms with Crippen LogP contribution in [0.2, 0.25) is 0 Å². The van der Waals surface area contributed by atoms with Crippen molar-refractivity contribution in [2.45, 2.75) is 32.8 Å². The lowest BCUT2D eigenvalue weighted by atomic mass is 10.2. The van der Waals surface area contributed by atoms with Crippen molar-refractivity contribution in [1.82, 2.24) is 10.3 Å². The molecule has 0 saturated heterocycles. The van der Waals surface area contributed by atoms with Gasteiger partial charge in [-0.05, 0) is 20.8 Å². The van der Waals surface area contributed by atoms with E-state index in [1.807, 2.05) is 0 Å². The van der Waals surface area contributed by atoms with Crippen molar-refractivity contribution in [2.75, 3.05) is 24.3 Å². The molecule has 0 saturated carbocycles. The van der Waals surface area contributed by atoms with Crippen LogP contribution in [0.25, 0.3) is 0 Å². The van der Waals surface area contributed by atoms with Crippen molar-refractivity contribution < 1.29 is 29.1 Å². The summed E-state index contributed by atoms with van der Waals surface area (Å²) >= 11 is 6.41. The smallest absolute Gasteiger partial charge is 0.407 e. The molecule has 0 bridgehead atoms. The van der Waals surface area contributed by atoms with Crippen molar-refractivity contribution in [3.63, 3.8) is 0 Å². The minimum atomic E-state index is -1.33. The summed E-state index contributed by atoms with van der Waals surface area (Å²) in [6.07, 6.45) is -0.157. The molecule has 0 fully saturated rings. The molecule has 0 aliphatic carbocycles. The van der Waals surface area contributed by atoms with Crippen molar-refractivity contribution >= 4 is 51.8 Å². The van der Waals surface area contributed by atoms with E-state index in [1.165, 1.54) is 5.38 Å². The fraction of sp³-hybridized carbons (Fsp3) is 0.533. The molecule has 0 radical (unpaired) electrons. The largest absolute Gasteiger partial charge is 0.476 e. The van der Waals surface area contributed by atoms with E-state index in [0.717, 1.165) is 11.3 Å². The fourth-order valence-corrected chi connectivity index (χ4v) is 2.32. The molecule has 0 spiro atoms. The molecule has 0 atom stereocenters. The van der Waals surface area contributed by atoms with Gasteiger partial charge in [-0.2, -0.15) is 0 Å². The number of carbonyl (C=O) groups excluding carboxylic acids is 2. The van der Waals surface area contributed by atoms with E-state index in [2.05, 4.69) is 20.8 Å². The van der Waals surface area contributed by atoms with Gasteiger partial charge in [-0.1, -0.05) is 5.16 Å². The number of halogens is 1. The van der Waals surface area contributed by atoms with E-state index in [9.17, 15) is 19.5 Å². The fourth-order valence-electron chi connectivity index (χ4n) is 1.54. The molecule has 0 aromatic carbocycles. The summed E-state index contributed by atoms with van der Waals surface area (Å²) in [7, 11) is 0. The summed E-state index contributed by atoms with van der Waals surface area (Å²) in [5, 5.41) is 19.4. The highest BCUT2D eigenvalue weighted by Crippen LogP contribution is 2.16. The molecular formula is C15H21ClN4O6S. The molecule has 0 aliphatic rings. The summed E-state index contributed by atoms with van der Waals surface area (Å²) < 4.78 is 5.07. The van der Waals surface area contributed by atoms with Gasteiger partial charge in [0.25, 0.3) is 0 Å². The SMILES string of the molecule is CC(C)(C)OC(=O)NCCCON=C(C(=O)O)c1csc(NC(=O)CCl)n1. The lowest BCUT2D eigenvalue weighted by molar-refractivity contribution is -0.129. The summed E-state index contributed by atoms with van der Waals surface area (Å²) in [5.41, 5.74) is -0.946. The number of amides is 2. The maximum absolute atomic E-state index is 11.4. The maximum Gasteiger partial charge on any atom is 0.407 e. The average Bonchev–Trinajstić information content (AvgIpc) is 2.99. The molecule has 0 unspecified atom stereocenters. The first-order chi connectivity index (χ1) is 12.6. The zero-order valence-corrected chi connectivity index (χ0v) is 16.6. The molecule has 27 heavy (non-hydrogen) atoms. The summed E-state index contributed by atoms with van der Waals surface area (Å²) in [6.45, 7) is 5.61. The Labute approximate surface area is 164 Å². The molecule has 1 rings (SSSR count). The number of rotatable bonds is 9. The highest BCUT2D eigenvalue weighted by molar-refractivity contribution is 7.14. The van der Waals surface area contributed by atoms with E-state index in [-0.39, 0.29) is 29.9 Å². The first kappa shape index (κ1) is 22.6. The number of alkyl halides is 1. The topological polar surface area (TPSA) is 139 Å². The van der Waals surface area contributed by atoms with E-state index >= 15 is 0 Å². The summed E-state index contributed by atoms with van der Waals surface area (Å²) in [4.78, 5) is 42.9. The van der Waals surface area contributed by atoms with Gasteiger partial charge in [-0.25, -0.2) is 14.6 Å². The Morgan fingerprint density at radius 1 is 1.37 bits per heavy atom. The van der Waals surface area contributed by atoms with Crippen LogP contribution in [0.1, 0.15) is 32.9 Å². The number of anilines is 1. The number of carbonyl (C=O) groups is 3. The van der Waals surface area contributed by atoms with Gasteiger partial charge < -0.3 is 25.3 Å². The monoisotopic (exact) mass is 420 g/mol. The Hall–Kier alpha value is -2.40. The lowest BCUT2D eigenvalue weighted by Gasteiger charge is -2.19. The number of aliphatic carboxylic acids is 1. The molecule has 2 amide bonds. The van der Waals surface area contributed by atoms with Crippen molar-refractivity contribution in [2.24, 2.45) is 5.16 Å². The Morgan fingerprint density at radius 2 is 2.07 bits per heavy atom. The first-order valence-electron chi connectivity index (χ1n) is 7.84. The van der Waals surface area contributed by atoms with Gasteiger partial charge in [0.1, 0.15) is 23.8 Å². The number of alkyl carbamates (subject to hydrolysis) is 1. The standard InChI is InChI=1S/C15H21ClN4O6S/c1-15(2,3)26-14(24)17-5-4-6-25-20-11(12(22)23)9-8-27-13(18-9)19-10(21)7-16/h8H,4-7H2,1-3H3,(H,17,24)(H,22,23)(H,18,19,21). The highest BCUT2D eigenvalue weighted by Gasteiger charge is 2.18. The molecule has 0 aliphatic heterocycles. The zero-order valence-electron chi connectivity index (χ0n) is 15.1. The maximum atomic E-state index is 11.4. The number of hydrogen-bond acceptors (Lipinski definition) is 8. The number of nitrogens with one attached hydrogen (secondary N) is 2. The molecule has 1 aromatic rings. The van der Waals surface area contributed by atoms with Gasteiger partial charge in [0, 0.05) is 18.3 Å². The molecule has 10 nitrogen and oxygen atoms in total. The van der Waals surface area contributed by atoms with E-state index in [1.54, 1.807) is 20.8 Å². The van der Waals surface area contributed by atoms with Gasteiger partial charge in [-0.3, -0.25) is 4.79 Å². The Kier molecular flexibility index (Phi) is 8.95. The van der Waals surface area contributed by atoms with Crippen molar-refractivity contribution in [1.29, 1.82) is 0 Å². The average molecular weight is 421 g/mol. The first-order valence-corrected chi connectivity index (χ1v) is 9.25. The Balaban J connectivity index is 2.48. The Bertz CT molecular complexity index is 701. The number of carboxylic acids is 1. The lowest BCUT2D eigenvalue weighted by Crippen LogP contribution is -2.33. The van der Waals surface area contributed by atoms with Crippen LogP contribution in [0.5, 0.6) is 0 Å². The van der Waals surface area contributed by atoms with Crippen LogP contribution < -0.4 is 10.6 Å². The van der Waals surface area contributed by atoms with Gasteiger partial charge in [-0.15, -0.1) is 22.9 Å². The zero-order chi connectivity index (χ0) is 20.4. The Morgan fingerprint density at radius 3 is 2.67 bits per heavy atom. The molecule has 150 valence electrons. The van der Waals surface area contributed by atoms with Crippen LogP contribution in [0.3, 0.4) is 0 Å². The van der Waals surface area contributed by atoms with E-state index < -0.39 is 29.3 Å². The van der Waals surface area contributed by atoms with E-state index in [4.69, 9.17) is 21.2 Å². The summed E-state index contributed by atoms with van der Waals surface area (Å²) in [6, 6.07) is 0. The minimum absolute atomic E-state index is 0.0456. The summed E-state index contributed by atoms with van der Waals surface area (Å²) in [5.74, 6) is -2.03. The third-order valence-electron chi connectivity index (χ3n) is 2.55. The number of thiazole rings is 1. The quantitative estimate of drug-likeness (QED) is 0.240. The molecule has 12 heteroatoms. The number of oxime groups is 1. The number of nitrogens with zero attached hydrogens (tertiary/aromatic N) is 2. The van der Waals surface area contributed by atoms with Gasteiger partial charge in [0.05, 0.1) is 0 Å². The minimum Gasteiger partial charge on any atom is -0.476 e. The number of aromatic nitrogens is 1. The third-order valence-corrected chi connectivity index (χ3v) is 3.55. The molecular weight excluding hydrogens is 400 g/mol. The predicted octanol–water partition coefficient (Wildman–Crippen LogP) is 2.04. The second-order valence-corrected chi connectivity index (χ2v) is 7.21. The van der Waals surface area contributed by atoms with Crippen molar-refractivity contribution in [3.05, 3.63) is 11.1 Å². The number of carboxylic acid groups (broad SMARTS) is 1. The van der Waals surface area contributed by atoms with Crippen LogP contribution in [-0.2, 0) is 19.2 Å². The normalized spacial score (nSPS) is 11.6. The van der Waals surface area contributed by atoms with Crippen LogP contribution in [0, 0.1) is 0 Å². The molecule has 1 heterocycles. The highest BCUT2D eigenvalue weighted by atomic mass is 35.5. The second-order valence-electron chi connectivity index (χ2n) is 6.08. The van der Waals surface area contributed by atoms with Crippen LogP contribution in [0.15, 0.2) is 10.5 Å². The predicted molar refractivity (Wildman–Crippen MR) is 100 cm³/mol. The van der Waals surface area contributed by atoms with Crippen LogP contribution in [-0.4, -0.2) is 58.4 Å². The van der Waals surface area contributed by atoms with Gasteiger partial charge >= 0.3 is 12.1 Å². The molecule has 1 aromatic heterocycles. The van der Waals surface area contributed by atoms with Gasteiger partial charge in [0.15, 0.2) is 5.13 Å². The van der Waals surface area contributed by atoms with E-state index in [0.29, 0.717) is 6.42 Å². The van der Waals surface area contributed by atoms with Gasteiger partial charge in [0.2, 0.25) is 11.6 Å². The van der Waals surface area contributed by atoms with Crippen LogP contribution >= 0.6 is 22.9 Å². The van der Waals surface area contributed by atoms with Crippen LogP contribution in [0.4, 0.5) is 9.93 Å². The number of hydrogen-bond donors (Lipinski definition) is 3.